The summed E-state index contributed by atoms with van der Waals surface area (Å²) < 4.78 is 14.0. The van der Waals surface area contributed by atoms with Gasteiger partial charge in [-0.05, 0) is 50.1 Å². The van der Waals surface area contributed by atoms with Crippen molar-refractivity contribution in [2.24, 2.45) is 5.41 Å². The highest BCUT2D eigenvalue weighted by Gasteiger charge is 2.27. The highest BCUT2D eigenvalue weighted by molar-refractivity contribution is 5.74. The fourth-order valence-electron chi connectivity index (χ4n) is 2.07. The van der Waals surface area contributed by atoms with Crippen LogP contribution in [-0.2, 0) is 11.2 Å². The minimum atomic E-state index is -0.918. The molecule has 21 heavy (non-hydrogen) atoms. The SMILES string of the molecule is CC(C)(Cc1ccc(F)c(-c2cccc(N)n2)c1)C(=O)O. The van der Waals surface area contributed by atoms with Gasteiger partial charge in [-0.3, -0.25) is 4.79 Å². The Kier molecular flexibility index (Phi) is 3.93. The fraction of sp³-hybridized carbons (Fsp3) is 0.250. The molecule has 0 radical (unpaired) electrons. The monoisotopic (exact) mass is 288 g/mol. The Morgan fingerprint density at radius 1 is 1.33 bits per heavy atom. The Morgan fingerprint density at radius 3 is 2.67 bits per heavy atom. The minimum Gasteiger partial charge on any atom is -0.481 e. The zero-order chi connectivity index (χ0) is 15.6. The molecule has 3 N–H and O–H groups in total. The molecule has 0 bridgehead atoms. The van der Waals surface area contributed by atoms with E-state index in [1.54, 1.807) is 44.2 Å². The second-order valence-corrected chi connectivity index (χ2v) is 5.63. The number of pyridine rings is 1. The molecule has 0 saturated carbocycles. The van der Waals surface area contributed by atoms with Gasteiger partial charge in [-0.15, -0.1) is 0 Å². The molecule has 1 heterocycles. The lowest BCUT2D eigenvalue weighted by Gasteiger charge is -2.19. The summed E-state index contributed by atoms with van der Waals surface area (Å²) >= 11 is 0. The highest BCUT2D eigenvalue weighted by atomic mass is 19.1. The number of nitrogens with zero attached hydrogens (tertiary/aromatic N) is 1. The van der Waals surface area contributed by atoms with Crippen molar-refractivity contribution in [2.75, 3.05) is 5.73 Å². The molecule has 0 spiro atoms. The van der Waals surface area contributed by atoms with E-state index >= 15 is 0 Å². The molecule has 4 nitrogen and oxygen atoms in total. The summed E-state index contributed by atoms with van der Waals surface area (Å²) in [6, 6.07) is 9.54. The lowest BCUT2D eigenvalue weighted by atomic mass is 9.85. The smallest absolute Gasteiger partial charge is 0.309 e. The first-order chi connectivity index (χ1) is 9.79. The summed E-state index contributed by atoms with van der Waals surface area (Å²) in [5.41, 5.74) is 6.19. The second kappa shape index (κ2) is 5.52. The van der Waals surface area contributed by atoms with Crippen molar-refractivity contribution in [3.63, 3.8) is 0 Å². The number of carbonyl (C=O) groups is 1. The van der Waals surface area contributed by atoms with Crippen LogP contribution < -0.4 is 5.73 Å². The molecule has 1 aromatic carbocycles. The van der Waals surface area contributed by atoms with E-state index in [1.165, 1.54) is 6.07 Å². The molecule has 2 rings (SSSR count). The standard InChI is InChI=1S/C16H17FN2O2/c1-16(2,15(20)21)9-10-6-7-12(17)11(8-10)13-4-3-5-14(18)19-13/h3-8H,9H2,1-2H3,(H2,18,19)(H,20,21). The zero-order valence-electron chi connectivity index (χ0n) is 11.9. The number of carboxylic acid groups (broad SMARTS) is 1. The summed E-state index contributed by atoms with van der Waals surface area (Å²) in [7, 11) is 0. The average molecular weight is 288 g/mol. The van der Waals surface area contributed by atoms with Crippen molar-refractivity contribution >= 4 is 11.8 Å². The quantitative estimate of drug-likeness (QED) is 0.906. The number of aromatic nitrogens is 1. The average Bonchev–Trinajstić information content (AvgIpc) is 2.40. The van der Waals surface area contributed by atoms with E-state index in [9.17, 15) is 14.3 Å². The van der Waals surface area contributed by atoms with Crippen LogP contribution in [-0.4, -0.2) is 16.1 Å². The van der Waals surface area contributed by atoms with Crippen molar-refractivity contribution in [1.29, 1.82) is 0 Å². The molecule has 0 fully saturated rings. The van der Waals surface area contributed by atoms with E-state index in [2.05, 4.69) is 4.98 Å². The molecule has 0 saturated heterocycles. The van der Waals surface area contributed by atoms with Crippen LogP contribution in [0.3, 0.4) is 0 Å². The van der Waals surface area contributed by atoms with Crippen molar-refractivity contribution in [3.8, 4) is 11.3 Å². The number of aliphatic carboxylic acids is 1. The van der Waals surface area contributed by atoms with Crippen LogP contribution in [0.4, 0.5) is 10.2 Å². The molecule has 0 aliphatic rings. The summed E-state index contributed by atoms with van der Waals surface area (Å²) in [6.45, 7) is 3.27. The van der Waals surface area contributed by atoms with Gasteiger partial charge in [0.15, 0.2) is 0 Å². The fourth-order valence-corrected chi connectivity index (χ4v) is 2.07. The Morgan fingerprint density at radius 2 is 2.05 bits per heavy atom. The molecule has 0 aliphatic carbocycles. The number of hydrogen-bond acceptors (Lipinski definition) is 3. The molecule has 5 heteroatoms. The number of anilines is 1. The van der Waals surface area contributed by atoms with Gasteiger partial charge < -0.3 is 10.8 Å². The van der Waals surface area contributed by atoms with Gasteiger partial charge in [-0.2, -0.15) is 0 Å². The van der Waals surface area contributed by atoms with Gasteiger partial charge in [0.1, 0.15) is 11.6 Å². The molecule has 0 aliphatic heterocycles. The maximum absolute atomic E-state index is 14.0. The van der Waals surface area contributed by atoms with Crippen LogP contribution in [0.15, 0.2) is 36.4 Å². The van der Waals surface area contributed by atoms with Gasteiger partial charge >= 0.3 is 5.97 Å². The van der Waals surface area contributed by atoms with E-state index < -0.39 is 17.2 Å². The highest BCUT2D eigenvalue weighted by Crippen LogP contribution is 2.27. The third-order valence-corrected chi connectivity index (χ3v) is 3.30. The van der Waals surface area contributed by atoms with Gasteiger partial charge in [-0.1, -0.05) is 12.1 Å². The Hall–Kier alpha value is -2.43. The number of nitrogens with two attached hydrogens (primary N) is 1. The Balaban J connectivity index is 2.41. The number of rotatable bonds is 4. The van der Waals surface area contributed by atoms with Crippen molar-refractivity contribution < 1.29 is 14.3 Å². The maximum atomic E-state index is 14.0. The molecule has 0 unspecified atom stereocenters. The lowest BCUT2D eigenvalue weighted by molar-refractivity contribution is -0.146. The van der Waals surface area contributed by atoms with Crippen LogP contribution in [0, 0.1) is 11.2 Å². The number of hydrogen-bond donors (Lipinski definition) is 2. The largest absolute Gasteiger partial charge is 0.481 e. The van der Waals surface area contributed by atoms with E-state index in [1.807, 2.05) is 0 Å². The Labute approximate surface area is 122 Å². The molecular weight excluding hydrogens is 271 g/mol. The van der Waals surface area contributed by atoms with Gasteiger partial charge in [-0.25, -0.2) is 9.37 Å². The number of benzene rings is 1. The van der Waals surface area contributed by atoms with Gasteiger partial charge in [0, 0.05) is 5.56 Å². The molecule has 1 aromatic heterocycles. The van der Waals surface area contributed by atoms with Crippen LogP contribution in [0.5, 0.6) is 0 Å². The summed E-state index contributed by atoms with van der Waals surface area (Å²) in [5.74, 6) is -0.997. The lowest BCUT2D eigenvalue weighted by Crippen LogP contribution is -2.26. The molecular formula is C16H17FN2O2. The van der Waals surface area contributed by atoms with E-state index in [0.717, 1.165) is 5.56 Å². The first-order valence-electron chi connectivity index (χ1n) is 6.54. The first kappa shape index (κ1) is 15.0. The molecule has 0 amide bonds. The summed E-state index contributed by atoms with van der Waals surface area (Å²) in [5, 5.41) is 9.18. The molecule has 0 atom stereocenters. The van der Waals surface area contributed by atoms with Gasteiger partial charge in [0.2, 0.25) is 0 Å². The van der Waals surface area contributed by atoms with E-state index in [4.69, 9.17) is 5.73 Å². The molecule has 2 aromatic rings. The van der Waals surface area contributed by atoms with Crippen LogP contribution in [0.1, 0.15) is 19.4 Å². The first-order valence-corrected chi connectivity index (χ1v) is 6.54. The Bertz CT molecular complexity index is 684. The van der Waals surface area contributed by atoms with Crippen molar-refractivity contribution in [1.82, 2.24) is 4.98 Å². The van der Waals surface area contributed by atoms with Crippen molar-refractivity contribution in [2.45, 2.75) is 20.3 Å². The zero-order valence-corrected chi connectivity index (χ0v) is 11.9. The predicted octanol–water partition coefficient (Wildman–Crippen LogP) is 3.12. The topological polar surface area (TPSA) is 76.2 Å². The third kappa shape index (κ3) is 3.37. The van der Waals surface area contributed by atoms with Crippen LogP contribution in [0.2, 0.25) is 0 Å². The summed E-state index contributed by atoms with van der Waals surface area (Å²) in [6.07, 6.45) is 0.304. The van der Waals surface area contributed by atoms with Crippen LogP contribution >= 0.6 is 0 Å². The minimum absolute atomic E-state index is 0.304. The maximum Gasteiger partial charge on any atom is 0.309 e. The normalized spacial score (nSPS) is 11.4. The van der Waals surface area contributed by atoms with E-state index in [-0.39, 0.29) is 0 Å². The summed E-state index contributed by atoms with van der Waals surface area (Å²) in [4.78, 5) is 15.3. The number of nitrogen functional groups attached to an aromatic ring is 1. The third-order valence-electron chi connectivity index (χ3n) is 3.30. The predicted molar refractivity (Wildman–Crippen MR) is 79.2 cm³/mol. The van der Waals surface area contributed by atoms with Gasteiger partial charge in [0.05, 0.1) is 11.1 Å². The van der Waals surface area contributed by atoms with Crippen molar-refractivity contribution in [3.05, 3.63) is 47.8 Å². The van der Waals surface area contributed by atoms with Gasteiger partial charge in [0.25, 0.3) is 0 Å². The second-order valence-electron chi connectivity index (χ2n) is 5.63. The number of carboxylic acids is 1. The number of halogens is 1. The van der Waals surface area contributed by atoms with Crippen LogP contribution in [0.25, 0.3) is 11.3 Å². The molecule has 110 valence electrons. The van der Waals surface area contributed by atoms with E-state index in [0.29, 0.717) is 23.5 Å².